The Hall–Kier alpha value is -2.73. The summed E-state index contributed by atoms with van der Waals surface area (Å²) in [5, 5.41) is 12.2. The molecular formula is C26H33N3O3. The molecular weight excluding hydrogens is 402 g/mol. The molecule has 1 aromatic carbocycles. The molecule has 1 unspecified atom stereocenters. The Balaban J connectivity index is 1.63. The number of hydrogen-bond donors (Lipinski definition) is 3. The van der Waals surface area contributed by atoms with Crippen LogP contribution in [0.4, 0.5) is 0 Å². The highest BCUT2D eigenvalue weighted by atomic mass is 16.5. The van der Waals surface area contributed by atoms with E-state index in [-0.39, 0.29) is 29.2 Å². The predicted molar refractivity (Wildman–Crippen MR) is 124 cm³/mol. The molecule has 4 rings (SSSR count). The number of fused-ring (bicyclic) bond motifs is 1. The minimum Gasteiger partial charge on any atom is -0.348 e. The Bertz CT molecular complexity index is 1020. The van der Waals surface area contributed by atoms with Crippen LogP contribution in [0, 0.1) is 12.8 Å². The number of amides is 2. The van der Waals surface area contributed by atoms with Crippen LogP contribution >= 0.6 is 0 Å². The summed E-state index contributed by atoms with van der Waals surface area (Å²) >= 11 is 0. The average molecular weight is 436 g/mol. The molecule has 0 radical (unpaired) electrons. The first kappa shape index (κ1) is 22.5. The van der Waals surface area contributed by atoms with Gasteiger partial charge >= 0.3 is 0 Å². The third-order valence-electron chi connectivity index (χ3n) is 7.13. The molecule has 170 valence electrons. The van der Waals surface area contributed by atoms with E-state index in [0.29, 0.717) is 18.5 Å². The molecule has 1 saturated carbocycles. The van der Waals surface area contributed by atoms with Gasteiger partial charge < -0.3 is 5.32 Å². The molecule has 3 N–H and O–H groups in total. The number of hydroxylamine groups is 1. The number of nitrogens with zero attached hydrogens (tertiary/aromatic N) is 1. The maximum Gasteiger partial charge on any atom is 0.270 e. The van der Waals surface area contributed by atoms with Crippen LogP contribution in [0.1, 0.15) is 79.6 Å². The summed E-state index contributed by atoms with van der Waals surface area (Å²) in [5.41, 5.74) is 7.56. The Morgan fingerprint density at radius 1 is 1.12 bits per heavy atom. The smallest absolute Gasteiger partial charge is 0.270 e. The van der Waals surface area contributed by atoms with Gasteiger partial charge in [0.15, 0.2) is 0 Å². The topological polar surface area (TPSA) is 91.3 Å². The van der Waals surface area contributed by atoms with Gasteiger partial charge in [-0.25, -0.2) is 5.48 Å². The van der Waals surface area contributed by atoms with Crippen LogP contribution in [0.5, 0.6) is 0 Å². The van der Waals surface area contributed by atoms with Crippen molar-refractivity contribution in [2.24, 2.45) is 5.92 Å². The summed E-state index contributed by atoms with van der Waals surface area (Å²) in [6.45, 7) is 6.33. The fraction of sp³-hybridized carbons (Fsp3) is 0.500. The molecule has 1 heterocycles. The van der Waals surface area contributed by atoms with E-state index in [0.717, 1.165) is 35.1 Å². The lowest BCUT2D eigenvalue weighted by Crippen LogP contribution is -2.38. The third kappa shape index (κ3) is 4.56. The van der Waals surface area contributed by atoms with Crippen molar-refractivity contribution in [1.82, 2.24) is 15.8 Å². The molecule has 1 fully saturated rings. The number of rotatable bonds is 4. The zero-order valence-electron chi connectivity index (χ0n) is 19.2. The fourth-order valence-electron chi connectivity index (χ4n) is 5.45. The van der Waals surface area contributed by atoms with Crippen molar-refractivity contribution < 1.29 is 14.8 Å². The summed E-state index contributed by atoms with van der Waals surface area (Å²) in [5.74, 6) is -0.676. The lowest BCUT2D eigenvalue weighted by atomic mass is 9.67. The van der Waals surface area contributed by atoms with Crippen molar-refractivity contribution in [1.29, 1.82) is 0 Å². The summed E-state index contributed by atoms with van der Waals surface area (Å²) in [4.78, 5) is 29.2. The molecule has 0 aliphatic heterocycles. The molecule has 0 spiro atoms. The molecule has 1 aromatic heterocycles. The molecule has 1 atom stereocenters. The minimum atomic E-state index is -0.326. The molecule has 2 amide bonds. The highest BCUT2D eigenvalue weighted by Gasteiger charge is 2.36. The van der Waals surface area contributed by atoms with Crippen LogP contribution in [0.25, 0.3) is 11.1 Å². The maximum atomic E-state index is 12.8. The van der Waals surface area contributed by atoms with Gasteiger partial charge in [-0.1, -0.05) is 45.2 Å². The molecule has 0 saturated heterocycles. The van der Waals surface area contributed by atoms with Crippen molar-refractivity contribution in [3.63, 3.8) is 0 Å². The van der Waals surface area contributed by atoms with Crippen LogP contribution in [0.3, 0.4) is 0 Å². The molecule has 6 nitrogen and oxygen atoms in total. The van der Waals surface area contributed by atoms with Gasteiger partial charge in [0.05, 0.1) is 0 Å². The van der Waals surface area contributed by atoms with Crippen LogP contribution in [0.2, 0.25) is 0 Å². The zero-order chi connectivity index (χ0) is 22.9. The number of carbonyl (C=O) groups excluding carboxylic acids is 2. The molecule has 2 aromatic rings. The number of aryl methyl sites for hydroxylation is 1. The first-order valence-electron chi connectivity index (χ1n) is 11.6. The molecule has 6 heteroatoms. The van der Waals surface area contributed by atoms with E-state index in [1.807, 2.05) is 17.6 Å². The highest BCUT2D eigenvalue weighted by molar-refractivity contribution is 5.93. The number of pyridine rings is 1. The average Bonchev–Trinajstić information content (AvgIpc) is 2.78. The monoisotopic (exact) mass is 435 g/mol. The van der Waals surface area contributed by atoms with Crippen LogP contribution in [0.15, 0.2) is 30.5 Å². The quantitative estimate of drug-likeness (QED) is 0.488. The lowest BCUT2D eigenvalue weighted by Gasteiger charge is -2.37. The first-order valence-corrected chi connectivity index (χ1v) is 11.6. The second kappa shape index (κ2) is 9.02. The van der Waals surface area contributed by atoms with Crippen molar-refractivity contribution in [3.05, 3.63) is 52.8 Å². The van der Waals surface area contributed by atoms with E-state index >= 15 is 0 Å². The van der Waals surface area contributed by atoms with Crippen LogP contribution < -0.4 is 10.8 Å². The summed E-state index contributed by atoms with van der Waals surface area (Å²) < 4.78 is 0. The molecule has 2 aliphatic carbocycles. The summed E-state index contributed by atoms with van der Waals surface area (Å²) in [7, 11) is 0. The van der Waals surface area contributed by atoms with E-state index in [1.165, 1.54) is 24.8 Å². The fourth-order valence-corrected chi connectivity index (χ4v) is 5.45. The zero-order valence-corrected chi connectivity index (χ0v) is 19.2. The van der Waals surface area contributed by atoms with Gasteiger partial charge in [0, 0.05) is 18.2 Å². The minimum absolute atomic E-state index is 0.104. The Labute approximate surface area is 189 Å². The Morgan fingerprint density at radius 2 is 1.88 bits per heavy atom. The predicted octanol–water partition coefficient (Wildman–Crippen LogP) is 4.46. The van der Waals surface area contributed by atoms with Gasteiger partial charge in [-0.15, -0.1) is 0 Å². The second-order valence-corrected chi connectivity index (χ2v) is 10.0. The number of hydrogen-bond acceptors (Lipinski definition) is 4. The molecule has 32 heavy (non-hydrogen) atoms. The standard InChI is InChI=1S/C26H33N3O3/c1-16-11-18-12-19(24(30)29-32)15-26(2,3)22(18)14-21(16)17-9-10-27-23(13-17)25(31)28-20-7-5-4-6-8-20/h9-11,13-14,19-20,32H,4-8,12,15H2,1-3H3,(H,28,31)(H,29,30). The van der Waals surface area contributed by atoms with Gasteiger partial charge in [0.1, 0.15) is 5.69 Å². The summed E-state index contributed by atoms with van der Waals surface area (Å²) in [6, 6.07) is 8.42. The largest absolute Gasteiger partial charge is 0.348 e. The highest BCUT2D eigenvalue weighted by Crippen LogP contribution is 2.42. The van der Waals surface area contributed by atoms with Gasteiger partial charge in [-0.05, 0) is 78.0 Å². The number of carbonyl (C=O) groups is 2. The van der Waals surface area contributed by atoms with Crippen LogP contribution in [-0.4, -0.2) is 28.0 Å². The van der Waals surface area contributed by atoms with Gasteiger partial charge in [-0.2, -0.15) is 0 Å². The second-order valence-electron chi connectivity index (χ2n) is 10.0. The van der Waals surface area contributed by atoms with Crippen molar-refractivity contribution in [2.75, 3.05) is 0 Å². The van der Waals surface area contributed by atoms with E-state index in [9.17, 15) is 9.59 Å². The molecule has 2 aliphatic rings. The van der Waals surface area contributed by atoms with Crippen molar-refractivity contribution >= 4 is 11.8 Å². The Morgan fingerprint density at radius 3 is 2.59 bits per heavy atom. The third-order valence-corrected chi connectivity index (χ3v) is 7.13. The van der Waals surface area contributed by atoms with Crippen LogP contribution in [-0.2, 0) is 16.6 Å². The lowest BCUT2D eigenvalue weighted by molar-refractivity contribution is -0.134. The van der Waals surface area contributed by atoms with Gasteiger partial charge in [0.25, 0.3) is 5.91 Å². The van der Waals surface area contributed by atoms with Gasteiger partial charge in [0.2, 0.25) is 5.91 Å². The summed E-state index contributed by atoms with van der Waals surface area (Å²) in [6.07, 6.45) is 8.65. The normalized spacial score (nSPS) is 20.3. The van der Waals surface area contributed by atoms with E-state index < -0.39 is 0 Å². The number of benzene rings is 1. The molecule has 0 bridgehead atoms. The Kier molecular flexibility index (Phi) is 6.33. The first-order chi connectivity index (χ1) is 15.3. The maximum absolute atomic E-state index is 12.8. The van der Waals surface area contributed by atoms with Crippen molar-refractivity contribution in [2.45, 2.75) is 77.2 Å². The SMILES string of the molecule is Cc1cc2c(cc1-c1ccnc(C(=O)NC3CCCCC3)c1)C(C)(C)CC(C(=O)NO)C2. The van der Waals surface area contributed by atoms with Crippen molar-refractivity contribution in [3.8, 4) is 11.1 Å². The number of aromatic nitrogens is 1. The van der Waals surface area contributed by atoms with E-state index in [2.05, 4.69) is 43.2 Å². The van der Waals surface area contributed by atoms with E-state index in [4.69, 9.17) is 5.21 Å². The van der Waals surface area contributed by atoms with Gasteiger partial charge in [-0.3, -0.25) is 19.8 Å². The number of nitrogens with one attached hydrogen (secondary N) is 2. The van der Waals surface area contributed by atoms with E-state index in [1.54, 1.807) is 6.20 Å².